The molecule has 1 fully saturated rings. The zero-order valence-corrected chi connectivity index (χ0v) is 17.2. The summed E-state index contributed by atoms with van der Waals surface area (Å²) in [5, 5.41) is 10.9. The van der Waals surface area contributed by atoms with Crippen molar-refractivity contribution in [3.63, 3.8) is 0 Å². The maximum atomic E-state index is 12.4. The molecule has 0 spiro atoms. The Morgan fingerprint density at radius 2 is 1.83 bits per heavy atom. The average Bonchev–Trinajstić information content (AvgIpc) is 3.21. The fourth-order valence-electron chi connectivity index (χ4n) is 3.24. The normalized spacial score (nSPS) is 14.7. The van der Waals surface area contributed by atoms with Crippen LogP contribution in [0.5, 0.6) is 0 Å². The van der Waals surface area contributed by atoms with Gasteiger partial charge in [-0.15, -0.1) is 10.2 Å². The SMILES string of the molecule is CCOC(=O)c1ccc(NCCc2ccc(S(=O)(=O)NC3CCCC3)cc2)nn1. The van der Waals surface area contributed by atoms with Gasteiger partial charge in [0.05, 0.1) is 11.5 Å². The molecule has 2 N–H and O–H groups in total. The van der Waals surface area contributed by atoms with Gasteiger partial charge in [-0.05, 0) is 56.0 Å². The lowest BCUT2D eigenvalue weighted by atomic mass is 10.1. The summed E-state index contributed by atoms with van der Waals surface area (Å²) in [6.07, 6.45) is 4.67. The lowest BCUT2D eigenvalue weighted by molar-refractivity contribution is 0.0518. The third-order valence-electron chi connectivity index (χ3n) is 4.78. The van der Waals surface area contributed by atoms with Crippen LogP contribution in [0.4, 0.5) is 5.82 Å². The quantitative estimate of drug-likeness (QED) is 0.602. The number of sulfonamides is 1. The van der Waals surface area contributed by atoms with Crippen molar-refractivity contribution in [2.24, 2.45) is 0 Å². The van der Waals surface area contributed by atoms with E-state index < -0.39 is 16.0 Å². The van der Waals surface area contributed by atoms with E-state index in [1.54, 1.807) is 31.2 Å². The fourth-order valence-corrected chi connectivity index (χ4v) is 4.55. The maximum absolute atomic E-state index is 12.4. The minimum atomic E-state index is -3.46. The van der Waals surface area contributed by atoms with Crippen LogP contribution in [0, 0.1) is 0 Å². The average molecular weight is 419 g/mol. The number of anilines is 1. The Labute approximate surface area is 171 Å². The summed E-state index contributed by atoms with van der Waals surface area (Å²) >= 11 is 0. The number of aromatic nitrogens is 2. The highest BCUT2D eigenvalue weighted by molar-refractivity contribution is 7.89. The Morgan fingerprint density at radius 1 is 1.10 bits per heavy atom. The third kappa shape index (κ3) is 5.98. The second-order valence-corrected chi connectivity index (χ2v) is 8.66. The van der Waals surface area contributed by atoms with Crippen LogP contribution >= 0.6 is 0 Å². The van der Waals surface area contributed by atoms with Crippen molar-refractivity contribution in [3.8, 4) is 0 Å². The Hall–Kier alpha value is -2.52. The zero-order valence-electron chi connectivity index (χ0n) is 16.4. The number of carbonyl (C=O) groups is 1. The summed E-state index contributed by atoms with van der Waals surface area (Å²) in [4.78, 5) is 11.9. The highest BCUT2D eigenvalue weighted by Gasteiger charge is 2.22. The first-order chi connectivity index (χ1) is 14.0. The molecule has 2 aromatic rings. The van der Waals surface area contributed by atoms with Crippen LogP contribution in [0.1, 0.15) is 48.7 Å². The van der Waals surface area contributed by atoms with E-state index in [-0.39, 0.29) is 18.3 Å². The van der Waals surface area contributed by atoms with Crippen molar-refractivity contribution in [2.75, 3.05) is 18.5 Å². The monoisotopic (exact) mass is 418 g/mol. The summed E-state index contributed by atoms with van der Waals surface area (Å²) in [5.74, 6) is 0.0574. The number of nitrogens with zero attached hydrogens (tertiary/aromatic N) is 2. The largest absolute Gasteiger partial charge is 0.461 e. The van der Waals surface area contributed by atoms with Crippen molar-refractivity contribution < 1.29 is 17.9 Å². The molecular formula is C20H26N4O4S. The van der Waals surface area contributed by atoms with E-state index in [1.807, 2.05) is 12.1 Å². The molecule has 29 heavy (non-hydrogen) atoms. The summed E-state index contributed by atoms with van der Waals surface area (Å²) < 4.78 is 32.5. The Bertz CT molecular complexity index is 909. The van der Waals surface area contributed by atoms with Crippen LogP contribution in [-0.4, -0.2) is 43.8 Å². The summed E-state index contributed by atoms with van der Waals surface area (Å²) in [5.41, 5.74) is 1.17. The van der Waals surface area contributed by atoms with Crippen LogP contribution in [0.3, 0.4) is 0 Å². The van der Waals surface area contributed by atoms with Gasteiger partial charge in [0.25, 0.3) is 0 Å². The van der Waals surface area contributed by atoms with E-state index >= 15 is 0 Å². The molecule has 1 aliphatic rings. The standard InChI is InChI=1S/C20H26N4O4S/c1-2-28-20(25)18-11-12-19(23-22-18)21-14-13-15-7-9-17(10-8-15)29(26,27)24-16-5-3-4-6-16/h7-12,16,24H,2-6,13-14H2,1H3,(H,21,23). The minimum absolute atomic E-state index is 0.0557. The fraction of sp³-hybridized carbons (Fsp3) is 0.450. The van der Waals surface area contributed by atoms with Gasteiger partial charge in [0, 0.05) is 12.6 Å². The first-order valence-electron chi connectivity index (χ1n) is 9.84. The zero-order chi connectivity index (χ0) is 20.7. The highest BCUT2D eigenvalue weighted by atomic mass is 32.2. The molecule has 9 heteroatoms. The van der Waals surface area contributed by atoms with Crippen LogP contribution in [-0.2, 0) is 21.2 Å². The minimum Gasteiger partial charge on any atom is -0.461 e. The molecule has 8 nitrogen and oxygen atoms in total. The predicted molar refractivity (Wildman–Crippen MR) is 109 cm³/mol. The number of ether oxygens (including phenoxy) is 1. The molecule has 1 heterocycles. The van der Waals surface area contributed by atoms with Gasteiger partial charge in [-0.2, -0.15) is 0 Å². The van der Waals surface area contributed by atoms with Crippen LogP contribution < -0.4 is 10.0 Å². The molecule has 0 saturated heterocycles. The second-order valence-electron chi connectivity index (χ2n) is 6.95. The van der Waals surface area contributed by atoms with Gasteiger partial charge in [-0.3, -0.25) is 0 Å². The number of benzene rings is 1. The van der Waals surface area contributed by atoms with Gasteiger partial charge in [0.15, 0.2) is 5.69 Å². The first-order valence-corrected chi connectivity index (χ1v) is 11.3. The molecule has 0 atom stereocenters. The second kappa shape index (κ2) is 9.80. The van der Waals surface area contributed by atoms with E-state index in [0.29, 0.717) is 23.7 Å². The Balaban J connectivity index is 1.49. The van der Waals surface area contributed by atoms with E-state index in [9.17, 15) is 13.2 Å². The Kier molecular flexibility index (Phi) is 7.16. The van der Waals surface area contributed by atoms with Gasteiger partial charge in [-0.25, -0.2) is 17.9 Å². The van der Waals surface area contributed by atoms with E-state index in [2.05, 4.69) is 20.2 Å². The molecule has 1 aromatic heterocycles. The van der Waals surface area contributed by atoms with Crippen LogP contribution in [0.25, 0.3) is 0 Å². The van der Waals surface area contributed by atoms with Crippen molar-refractivity contribution in [1.29, 1.82) is 0 Å². The topological polar surface area (TPSA) is 110 Å². The highest BCUT2D eigenvalue weighted by Crippen LogP contribution is 2.20. The summed E-state index contributed by atoms with van der Waals surface area (Å²) in [7, 11) is -3.46. The molecule has 3 rings (SSSR count). The summed E-state index contributed by atoms with van der Waals surface area (Å²) in [6.45, 7) is 2.62. The maximum Gasteiger partial charge on any atom is 0.358 e. The third-order valence-corrected chi connectivity index (χ3v) is 6.32. The van der Waals surface area contributed by atoms with Crippen LogP contribution in [0.15, 0.2) is 41.3 Å². The number of rotatable bonds is 9. The number of nitrogens with one attached hydrogen (secondary N) is 2. The van der Waals surface area contributed by atoms with Gasteiger partial charge in [0.1, 0.15) is 5.82 Å². The molecule has 0 amide bonds. The number of carbonyl (C=O) groups excluding carboxylic acids is 1. The van der Waals surface area contributed by atoms with Crippen LogP contribution in [0.2, 0.25) is 0 Å². The van der Waals surface area contributed by atoms with E-state index in [1.165, 1.54) is 0 Å². The van der Waals surface area contributed by atoms with Gasteiger partial charge in [-0.1, -0.05) is 25.0 Å². The Morgan fingerprint density at radius 3 is 2.45 bits per heavy atom. The molecule has 0 unspecified atom stereocenters. The molecule has 1 aliphatic carbocycles. The van der Waals surface area contributed by atoms with Crippen molar-refractivity contribution >= 4 is 21.8 Å². The molecule has 156 valence electrons. The molecule has 1 saturated carbocycles. The number of hydrogen-bond acceptors (Lipinski definition) is 7. The van der Waals surface area contributed by atoms with E-state index in [4.69, 9.17) is 4.74 Å². The summed E-state index contributed by atoms with van der Waals surface area (Å²) in [6, 6.07) is 10.2. The molecule has 0 bridgehead atoms. The first kappa shape index (κ1) is 21.2. The molecule has 0 radical (unpaired) electrons. The lowest BCUT2D eigenvalue weighted by Crippen LogP contribution is -2.32. The molecular weight excluding hydrogens is 392 g/mol. The molecule has 1 aromatic carbocycles. The van der Waals surface area contributed by atoms with Crippen molar-refractivity contribution in [3.05, 3.63) is 47.7 Å². The lowest BCUT2D eigenvalue weighted by Gasteiger charge is -2.13. The number of hydrogen-bond donors (Lipinski definition) is 2. The smallest absolute Gasteiger partial charge is 0.358 e. The van der Waals surface area contributed by atoms with Gasteiger partial charge < -0.3 is 10.1 Å². The van der Waals surface area contributed by atoms with Crippen molar-refractivity contribution in [2.45, 2.75) is 50.0 Å². The van der Waals surface area contributed by atoms with Gasteiger partial charge in [0.2, 0.25) is 10.0 Å². The van der Waals surface area contributed by atoms with Gasteiger partial charge >= 0.3 is 5.97 Å². The van der Waals surface area contributed by atoms with E-state index in [0.717, 1.165) is 31.2 Å². The predicted octanol–water partition coefficient (Wildman–Crippen LogP) is 2.53. The van der Waals surface area contributed by atoms with Crippen molar-refractivity contribution in [1.82, 2.24) is 14.9 Å². The molecule has 0 aliphatic heterocycles. The number of esters is 1.